The molecule has 1 aliphatic heterocycles. The number of phenolic OH excluding ortho intramolecular Hbond substituents is 1. The molecule has 1 saturated heterocycles. The number of hydrogen-bond acceptors (Lipinski definition) is 6. The summed E-state index contributed by atoms with van der Waals surface area (Å²) in [4.78, 5) is 42.9. The molecular formula is C26H27ClF3N3O4S. The first kappa shape index (κ1) is 29.5. The summed E-state index contributed by atoms with van der Waals surface area (Å²) >= 11 is 7.02. The molecule has 12 heteroatoms. The Balaban J connectivity index is 0.00000400. The highest BCUT2D eigenvalue weighted by Crippen LogP contribution is 2.42. The van der Waals surface area contributed by atoms with E-state index in [0.29, 0.717) is 32.7 Å². The predicted octanol–water partition coefficient (Wildman–Crippen LogP) is 5.03. The van der Waals surface area contributed by atoms with Gasteiger partial charge in [-0.2, -0.15) is 13.2 Å². The van der Waals surface area contributed by atoms with Gasteiger partial charge in [0.1, 0.15) is 11.5 Å². The van der Waals surface area contributed by atoms with Gasteiger partial charge in [0.25, 0.3) is 5.56 Å². The van der Waals surface area contributed by atoms with Gasteiger partial charge in [0.15, 0.2) is 0 Å². The average Bonchev–Trinajstić information content (AvgIpc) is 2.87. The van der Waals surface area contributed by atoms with Crippen LogP contribution in [0.25, 0.3) is 22.0 Å². The zero-order chi connectivity index (χ0) is 26.7. The molecule has 1 amide bonds. The number of amides is 1. The highest BCUT2D eigenvalue weighted by Gasteiger charge is 2.31. The van der Waals surface area contributed by atoms with Crippen LogP contribution in [-0.2, 0) is 15.8 Å². The molecule has 1 aromatic heterocycles. The largest absolute Gasteiger partial charge is 0.507 e. The van der Waals surface area contributed by atoms with E-state index in [1.807, 2.05) is 0 Å². The van der Waals surface area contributed by atoms with Gasteiger partial charge >= 0.3 is 6.18 Å². The van der Waals surface area contributed by atoms with Crippen LogP contribution in [0.5, 0.6) is 5.75 Å². The van der Waals surface area contributed by atoms with E-state index < -0.39 is 17.3 Å². The van der Waals surface area contributed by atoms with Gasteiger partial charge < -0.3 is 15.0 Å². The van der Waals surface area contributed by atoms with Gasteiger partial charge in [-0.05, 0) is 36.4 Å². The van der Waals surface area contributed by atoms with Gasteiger partial charge in [0.2, 0.25) is 6.41 Å². The average molecular weight is 570 g/mol. The molecule has 2 N–H and O–H groups in total. The summed E-state index contributed by atoms with van der Waals surface area (Å²) in [7, 11) is 0. The van der Waals surface area contributed by atoms with Crippen molar-refractivity contribution in [3.63, 3.8) is 0 Å². The standard InChI is InChI=1S/C25H23ClF3N3O4S.CH4/c26-16-2-4-21(35)19(12-16)22-18-11-15(25(27,28)29)1-3-20(18)30-24(36)23(22)37-13-17(34)5-6-31-7-9-32(14-33)10-8-31;/h1-4,11-12,14,35H,5-10,13H2,(H,30,36);1H4. The molecule has 0 atom stereocenters. The van der Waals surface area contributed by atoms with E-state index in [2.05, 4.69) is 9.88 Å². The van der Waals surface area contributed by atoms with Crippen LogP contribution < -0.4 is 5.56 Å². The summed E-state index contributed by atoms with van der Waals surface area (Å²) in [5.74, 6) is -0.500. The van der Waals surface area contributed by atoms with Crippen LogP contribution in [0, 0.1) is 0 Å². The van der Waals surface area contributed by atoms with Crippen molar-refractivity contribution in [2.24, 2.45) is 0 Å². The number of alkyl halides is 3. The number of hydrogen-bond donors (Lipinski definition) is 2. The molecule has 0 radical (unpaired) electrons. The first-order valence-corrected chi connectivity index (χ1v) is 12.8. The van der Waals surface area contributed by atoms with E-state index in [9.17, 15) is 32.7 Å². The highest BCUT2D eigenvalue weighted by molar-refractivity contribution is 8.00. The molecule has 0 aliphatic carbocycles. The monoisotopic (exact) mass is 569 g/mol. The van der Waals surface area contributed by atoms with Crippen LogP contribution in [0.4, 0.5) is 13.2 Å². The third-order valence-corrected chi connectivity index (χ3v) is 7.55. The topological polar surface area (TPSA) is 93.7 Å². The predicted molar refractivity (Wildman–Crippen MR) is 143 cm³/mol. The first-order valence-electron chi connectivity index (χ1n) is 11.4. The minimum absolute atomic E-state index is 0. The summed E-state index contributed by atoms with van der Waals surface area (Å²) in [6.45, 7) is 2.99. The molecule has 0 bridgehead atoms. The van der Waals surface area contributed by atoms with Gasteiger partial charge in [-0.25, -0.2) is 0 Å². The highest BCUT2D eigenvalue weighted by atomic mass is 35.5. The molecular weight excluding hydrogens is 543 g/mol. The van der Waals surface area contributed by atoms with Crippen LogP contribution in [0.1, 0.15) is 19.4 Å². The quantitative estimate of drug-likeness (QED) is 0.292. The Labute approximate surface area is 226 Å². The lowest BCUT2D eigenvalue weighted by Gasteiger charge is -2.32. The molecule has 38 heavy (non-hydrogen) atoms. The maximum absolute atomic E-state index is 13.5. The molecule has 0 spiro atoms. The number of aromatic nitrogens is 1. The molecule has 0 saturated carbocycles. The van der Waals surface area contributed by atoms with Gasteiger partial charge in [-0.1, -0.05) is 19.0 Å². The van der Waals surface area contributed by atoms with Crippen molar-refractivity contribution in [1.29, 1.82) is 0 Å². The Bertz CT molecular complexity index is 1390. The number of carbonyl (C=O) groups is 2. The number of aromatic hydroxyl groups is 1. The minimum atomic E-state index is -4.63. The lowest BCUT2D eigenvalue weighted by molar-refractivity contribution is -0.137. The van der Waals surface area contributed by atoms with Gasteiger partial charge in [-0.15, -0.1) is 11.8 Å². The van der Waals surface area contributed by atoms with E-state index in [4.69, 9.17) is 11.6 Å². The second kappa shape index (κ2) is 12.2. The van der Waals surface area contributed by atoms with Gasteiger partial charge in [0.05, 0.1) is 16.2 Å². The molecule has 7 nitrogen and oxygen atoms in total. The SMILES string of the molecule is C.O=CN1CCN(CCC(=O)CSc2c(-c3cc(Cl)ccc3O)c3cc(C(F)(F)F)ccc3[nH]c2=O)CC1. The maximum Gasteiger partial charge on any atom is 0.416 e. The second-order valence-corrected chi connectivity index (χ2v) is 10.1. The Kier molecular flexibility index (Phi) is 9.50. The number of halogens is 4. The van der Waals surface area contributed by atoms with Crippen molar-refractivity contribution in [2.45, 2.75) is 24.9 Å². The molecule has 204 valence electrons. The van der Waals surface area contributed by atoms with Crippen LogP contribution >= 0.6 is 23.4 Å². The van der Waals surface area contributed by atoms with E-state index in [0.717, 1.165) is 36.4 Å². The number of piperazine rings is 1. The summed E-state index contributed by atoms with van der Waals surface area (Å²) in [6, 6.07) is 7.02. The number of H-pyrrole nitrogens is 1. The Hall–Kier alpha value is -3.02. The number of phenols is 1. The van der Waals surface area contributed by atoms with Crippen LogP contribution in [0.15, 0.2) is 46.1 Å². The Morgan fingerprint density at radius 3 is 2.50 bits per heavy atom. The smallest absolute Gasteiger partial charge is 0.416 e. The number of nitrogens with zero attached hydrogens (tertiary/aromatic N) is 2. The third kappa shape index (κ3) is 6.69. The van der Waals surface area contributed by atoms with Crippen molar-refractivity contribution in [3.05, 3.63) is 57.3 Å². The number of thioether (sulfide) groups is 1. The zero-order valence-corrected chi connectivity index (χ0v) is 21.1. The fraction of sp³-hybridized carbons (Fsp3) is 0.346. The van der Waals surface area contributed by atoms with Crippen molar-refractivity contribution < 1.29 is 27.9 Å². The number of benzene rings is 2. The normalized spacial score (nSPS) is 14.4. The van der Waals surface area contributed by atoms with Crippen LogP contribution in [-0.4, -0.2) is 70.6 Å². The minimum Gasteiger partial charge on any atom is -0.507 e. The Morgan fingerprint density at radius 2 is 1.84 bits per heavy atom. The summed E-state index contributed by atoms with van der Waals surface area (Å²) in [5, 5.41) is 10.8. The van der Waals surface area contributed by atoms with Gasteiger partial charge in [-0.3, -0.25) is 19.3 Å². The van der Waals surface area contributed by atoms with Crippen molar-refractivity contribution in [2.75, 3.05) is 38.5 Å². The number of ketones is 1. The first-order chi connectivity index (χ1) is 17.6. The Morgan fingerprint density at radius 1 is 1.13 bits per heavy atom. The van der Waals surface area contributed by atoms with Crippen molar-refractivity contribution >= 4 is 46.5 Å². The van der Waals surface area contributed by atoms with Crippen molar-refractivity contribution in [1.82, 2.24) is 14.8 Å². The van der Waals surface area contributed by atoms with E-state index in [-0.39, 0.29) is 63.1 Å². The number of nitrogens with one attached hydrogen (secondary N) is 1. The van der Waals surface area contributed by atoms with Crippen LogP contribution in [0.2, 0.25) is 5.02 Å². The molecule has 1 fully saturated rings. The van der Waals surface area contributed by atoms with E-state index in [1.54, 1.807) is 4.90 Å². The molecule has 3 aromatic rings. The number of carbonyl (C=O) groups excluding carboxylic acids is 2. The summed E-state index contributed by atoms with van der Waals surface area (Å²) in [6.07, 6.45) is -3.61. The fourth-order valence-electron chi connectivity index (χ4n) is 4.16. The molecule has 2 heterocycles. The van der Waals surface area contributed by atoms with Crippen LogP contribution in [0.3, 0.4) is 0 Å². The van der Waals surface area contributed by atoms with E-state index >= 15 is 0 Å². The number of rotatable bonds is 8. The molecule has 0 unspecified atom stereocenters. The van der Waals surface area contributed by atoms with Crippen molar-refractivity contribution in [3.8, 4) is 16.9 Å². The number of fused-ring (bicyclic) bond motifs is 1. The maximum atomic E-state index is 13.5. The molecule has 1 aliphatic rings. The van der Waals surface area contributed by atoms with Gasteiger partial charge in [0, 0.05) is 66.2 Å². The second-order valence-electron chi connectivity index (χ2n) is 8.64. The number of pyridine rings is 1. The van der Waals surface area contributed by atoms with E-state index in [1.165, 1.54) is 18.2 Å². The summed E-state index contributed by atoms with van der Waals surface area (Å²) in [5.41, 5.74) is -1.20. The number of Topliss-reactive ketones (excluding diaryl/α,β-unsaturated/α-hetero) is 1. The lowest BCUT2D eigenvalue weighted by atomic mass is 9.98. The molecule has 4 rings (SSSR count). The fourth-order valence-corrected chi connectivity index (χ4v) is 5.33. The third-order valence-electron chi connectivity index (χ3n) is 6.17. The molecule has 2 aromatic carbocycles. The summed E-state index contributed by atoms with van der Waals surface area (Å²) < 4.78 is 40.5. The zero-order valence-electron chi connectivity index (χ0n) is 19.5. The lowest BCUT2D eigenvalue weighted by Crippen LogP contribution is -2.46. The number of aromatic amines is 1.